The van der Waals surface area contributed by atoms with Gasteiger partial charge in [0.15, 0.2) is 0 Å². The molecular formula is C16H15ClN2O2S. The van der Waals surface area contributed by atoms with Gasteiger partial charge in [0, 0.05) is 15.5 Å². The maximum atomic E-state index is 12.0. The highest BCUT2D eigenvalue weighted by molar-refractivity contribution is 8.00. The van der Waals surface area contributed by atoms with Gasteiger partial charge in [-0.2, -0.15) is 5.10 Å². The predicted molar refractivity (Wildman–Crippen MR) is 90.6 cm³/mol. The summed E-state index contributed by atoms with van der Waals surface area (Å²) in [5.41, 5.74) is 3.00. The van der Waals surface area contributed by atoms with Crippen molar-refractivity contribution in [2.75, 3.05) is 0 Å². The molecule has 0 radical (unpaired) electrons. The molecule has 1 amide bonds. The Bertz CT molecular complexity index is 674. The van der Waals surface area contributed by atoms with Gasteiger partial charge in [-0.05, 0) is 43.3 Å². The summed E-state index contributed by atoms with van der Waals surface area (Å²) in [6, 6.07) is 14.1. The molecule has 0 fully saturated rings. The average Bonchev–Trinajstić information content (AvgIpc) is 2.51. The fourth-order valence-electron chi connectivity index (χ4n) is 1.62. The highest BCUT2D eigenvalue weighted by atomic mass is 35.5. The number of phenols is 1. The molecule has 0 saturated heterocycles. The molecule has 2 aromatic carbocycles. The number of thioether (sulfide) groups is 1. The number of amides is 1. The van der Waals surface area contributed by atoms with E-state index in [9.17, 15) is 9.90 Å². The largest absolute Gasteiger partial charge is 0.507 e. The Balaban J connectivity index is 1.89. The van der Waals surface area contributed by atoms with Gasteiger partial charge in [0.2, 0.25) is 0 Å². The zero-order chi connectivity index (χ0) is 15.9. The Morgan fingerprint density at radius 2 is 1.95 bits per heavy atom. The van der Waals surface area contributed by atoms with Crippen LogP contribution < -0.4 is 5.43 Å². The van der Waals surface area contributed by atoms with E-state index in [1.807, 2.05) is 12.1 Å². The summed E-state index contributed by atoms with van der Waals surface area (Å²) < 4.78 is 0. The Morgan fingerprint density at radius 3 is 2.64 bits per heavy atom. The van der Waals surface area contributed by atoms with Crippen molar-refractivity contribution in [1.82, 2.24) is 5.43 Å². The number of benzene rings is 2. The highest BCUT2D eigenvalue weighted by Crippen LogP contribution is 2.24. The lowest BCUT2D eigenvalue weighted by Gasteiger charge is -2.09. The normalized spacial score (nSPS) is 12.3. The van der Waals surface area contributed by atoms with Gasteiger partial charge in [-0.25, -0.2) is 5.43 Å². The van der Waals surface area contributed by atoms with E-state index in [1.54, 1.807) is 43.3 Å². The van der Waals surface area contributed by atoms with Crippen LogP contribution >= 0.6 is 23.4 Å². The first kappa shape index (κ1) is 16.4. The van der Waals surface area contributed by atoms with Gasteiger partial charge in [-0.15, -0.1) is 11.8 Å². The topological polar surface area (TPSA) is 61.7 Å². The number of carbonyl (C=O) groups is 1. The quantitative estimate of drug-likeness (QED) is 0.498. The first-order chi connectivity index (χ1) is 10.6. The van der Waals surface area contributed by atoms with Crippen molar-refractivity contribution in [3.05, 3.63) is 59.1 Å². The molecule has 114 valence electrons. The van der Waals surface area contributed by atoms with Gasteiger partial charge < -0.3 is 5.11 Å². The van der Waals surface area contributed by atoms with E-state index in [2.05, 4.69) is 10.5 Å². The molecule has 0 heterocycles. The second-order valence-electron chi connectivity index (χ2n) is 4.51. The minimum absolute atomic E-state index is 0.115. The SMILES string of the molecule is CC(Sc1ccc(Cl)cc1)C(=O)N/N=C/c1ccccc1O. The van der Waals surface area contributed by atoms with Crippen LogP contribution in [0.1, 0.15) is 12.5 Å². The Hall–Kier alpha value is -1.98. The van der Waals surface area contributed by atoms with Crippen molar-refractivity contribution in [2.24, 2.45) is 5.10 Å². The van der Waals surface area contributed by atoms with Crippen LogP contribution in [0.5, 0.6) is 5.75 Å². The number of aromatic hydroxyl groups is 1. The molecule has 2 N–H and O–H groups in total. The average molecular weight is 335 g/mol. The van der Waals surface area contributed by atoms with Crippen LogP contribution in [-0.2, 0) is 4.79 Å². The lowest BCUT2D eigenvalue weighted by atomic mass is 10.2. The molecule has 0 saturated carbocycles. The first-order valence-electron chi connectivity index (χ1n) is 6.59. The van der Waals surface area contributed by atoms with Crippen molar-refractivity contribution in [1.29, 1.82) is 0 Å². The summed E-state index contributed by atoms with van der Waals surface area (Å²) >= 11 is 7.24. The van der Waals surface area contributed by atoms with Crippen LogP contribution in [0.15, 0.2) is 58.5 Å². The van der Waals surface area contributed by atoms with E-state index in [1.165, 1.54) is 18.0 Å². The molecule has 22 heavy (non-hydrogen) atoms. The molecule has 1 atom stereocenters. The second kappa shape index (κ2) is 7.87. The molecule has 0 aliphatic carbocycles. The molecule has 0 aliphatic heterocycles. The molecule has 6 heteroatoms. The van der Waals surface area contributed by atoms with Gasteiger partial charge in [-0.1, -0.05) is 23.7 Å². The zero-order valence-corrected chi connectivity index (χ0v) is 13.4. The van der Waals surface area contributed by atoms with Gasteiger partial charge in [0.1, 0.15) is 5.75 Å². The lowest BCUT2D eigenvalue weighted by Crippen LogP contribution is -2.26. The number of hydrogen-bond donors (Lipinski definition) is 2. The molecule has 0 aliphatic rings. The smallest absolute Gasteiger partial charge is 0.253 e. The van der Waals surface area contributed by atoms with Crippen LogP contribution in [0.2, 0.25) is 5.02 Å². The van der Waals surface area contributed by atoms with E-state index >= 15 is 0 Å². The van der Waals surface area contributed by atoms with Crippen molar-refractivity contribution < 1.29 is 9.90 Å². The summed E-state index contributed by atoms with van der Waals surface area (Å²) in [6.45, 7) is 1.80. The van der Waals surface area contributed by atoms with Crippen LogP contribution in [0, 0.1) is 0 Å². The maximum absolute atomic E-state index is 12.0. The van der Waals surface area contributed by atoms with Crippen molar-refractivity contribution in [2.45, 2.75) is 17.1 Å². The number of carbonyl (C=O) groups excluding carboxylic acids is 1. The molecule has 0 spiro atoms. The zero-order valence-electron chi connectivity index (χ0n) is 11.9. The Morgan fingerprint density at radius 1 is 1.27 bits per heavy atom. The third-order valence-corrected chi connectivity index (χ3v) is 4.17. The number of nitrogens with one attached hydrogen (secondary N) is 1. The number of para-hydroxylation sites is 1. The maximum Gasteiger partial charge on any atom is 0.253 e. The van der Waals surface area contributed by atoms with Gasteiger partial charge in [0.05, 0.1) is 11.5 Å². The monoisotopic (exact) mass is 334 g/mol. The molecular weight excluding hydrogens is 320 g/mol. The second-order valence-corrected chi connectivity index (χ2v) is 6.36. The molecule has 0 bridgehead atoms. The fraction of sp³-hybridized carbons (Fsp3) is 0.125. The summed E-state index contributed by atoms with van der Waals surface area (Å²) in [4.78, 5) is 12.9. The van der Waals surface area contributed by atoms with Gasteiger partial charge >= 0.3 is 0 Å². The van der Waals surface area contributed by atoms with Gasteiger partial charge in [0.25, 0.3) is 5.91 Å². The van der Waals surface area contributed by atoms with E-state index in [4.69, 9.17) is 11.6 Å². The Kier molecular flexibility index (Phi) is 5.86. The summed E-state index contributed by atoms with van der Waals surface area (Å²) in [6.07, 6.45) is 1.41. The molecule has 2 aromatic rings. The molecule has 2 rings (SSSR count). The number of hydrazone groups is 1. The summed E-state index contributed by atoms with van der Waals surface area (Å²) in [5.74, 6) is -0.101. The molecule has 1 unspecified atom stereocenters. The third kappa shape index (κ3) is 4.79. The number of nitrogens with zero attached hydrogens (tertiary/aromatic N) is 1. The van der Waals surface area contributed by atoms with Crippen LogP contribution in [0.25, 0.3) is 0 Å². The van der Waals surface area contributed by atoms with Crippen LogP contribution in [-0.4, -0.2) is 22.5 Å². The van der Waals surface area contributed by atoms with Crippen molar-refractivity contribution in [3.63, 3.8) is 0 Å². The standard InChI is InChI=1S/C16H15ClN2O2S/c1-11(22-14-8-6-13(17)7-9-14)16(21)19-18-10-12-4-2-3-5-15(12)20/h2-11,20H,1H3,(H,19,21)/b18-10+. The summed E-state index contributed by atoms with van der Waals surface area (Å²) in [5, 5.41) is 13.8. The Labute approximate surface area is 138 Å². The van der Waals surface area contributed by atoms with E-state index in [0.29, 0.717) is 10.6 Å². The first-order valence-corrected chi connectivity index (χ1v) is 7.85. The fourth-order valence-corrected chi connectivity index (χ4v) is 2.61. The van der Waals surface area contributed by atoms with Gasteiger partial charge in [-0.3, -0.25) is 4.79 Å². The number of phenolic OH excluding ortho intramolecular Hbond substituents is 1. The summed E-state index contributed by atoms with van der Waals surface area (Å²) in [7, 11) is 0. The number of hydrogen-bond acceptors (Lipinski definition) is 4. The van der Waals surface area contributed by atoms with Crippen molar-refractivity contribution >= 4 is 35.5 Å². The third-order valence-electron chi connectivity index (χ3n) is 2.81. The highest BCUT2D eigenvalue weighted by Gasteiger charge is 2.13. The van der Waals surface area contributed by atoms with E-state index in [0.717, 1.165) is 4.90 Å². The van der Waals surface area contributed by atoms with Crippen LogP contribution in [0.4, 0.5) is 0 Å². The van der Waals surface area contributed by atoms with E-state index in [-0.39, 0.29) is 16.9 Å². The predicted octanol–water partition coefficient (Wildman–Crippen LogP) is 3.68. The van der Waals surface area contributed by atoms with Crippen molar-refractivity contribution in [3.8, 4) is 5.75 Å². The molecule has 4 nitrogen and oxygen atoms in total. The van der Waals surface area contributed by atoms with E-state index < -0.39 is 0 Å². The number of halogens is 1. The molecule has 0 aromatic heterocycles. The van der Waals surface area contributed by atoms with Crippen LogP contribution in [0.3, 0.4) is 0 Å². The lowest BCUT2D eigenvalue weighted by molar-refractivity contribution is -0.120. The number of rotatable bonds is 5. The minimum Gasteiger partial charge on any atom is -0.507 e. The minimum atomic E-state index is -0.303.